The molecule has 0 aromatic heterocycles. The maximum Gasteiger partial charge on any atom is 0.157 e. The Morgan fingerprint density at radius 2 is 0.867 bits per heavy atom. The third kappa shape index (κ3) is 5.79. The summed E-state index contributed by atoms with van der Waals surface area (Å²) in [4.78, 5) is 9.30. The summed E-state index contributed by atoms with van der Waals surface area (Å²) < 4.78 is 15.9. The molecule has 13 rings (SSSR count). The van der Waals surface area contributed by atoms with Crippen LogP contribution < -0.4 is 4.90 Å². The van der Waals surface area contributed by atoms with Crippen LogP contribution in [-0.4, -0.2) is 83.2 Å². The fraction of sp³-hybridized carbons (Fsp3) is 0.556. The van der Waals surface area contributed by atoms with Gasteiger partial charge in [-0.05, 0) is 129 Å². The highest BCUT2D eigenvalue weighted by Crippen LogP contribution is 2.67. The van der Waals surface area contributed by atoms with Crippen molar-refractivity contribution in [1.82, 2.24) is 9.80 Å². The Hall–Kier alpha value is -3.42. The molecule has 60 heavy (non-hydrogen) atoms. The number of rotatable bonds is 5. The number of benzene rings is 4. The molecular weight excluding hydrogens is 733 g/mol. The van der Waals surface area contributed by atoms with E-state index >= 15 is 0 Å². The van der Waals surface area contributed by atoms with Crippen LogP contribution >= 0.6 is 0 Å². The minimum absolute atomic E-state index is 0.0818. The first kappa shape index (κ1) is 37.2. The molecule has 4 aromatic rings. The van der Waals surface area contributed by atoms with E-state index in [1.54, 1.807) is 11.1 Å². The summed E-state index contributed by atoms with van der Waals surface area (Å²) >= 11 is 0. The predicted molar refractivity (Wildman–Crippen MR) is 243 cm³/mol. The summed E-state index contributed by atoms with van der Waals surface area (Å²) in [5.41, 5.74) is 5.73. The SMILES string of the molecule is c1ccc(C2CCC3C(C2)B2C4CC(c5ccccc5)CCC4N4C5CCCCC5OC5C(N(c6ccccc6)c6ccccc6)C6OC7CCCCC7N3C6C2C54)cc1. The average molecular weight is 798 g/mol. The number of ether oxygens (including phenoxy) is 2. The van der Waals surface area contributed by atoms with Crippen LogP contribution in [0.5, 0.6) is 0 Å². The molecule has 5 saturated carbocycles. The fourth-order valence-electron chi connectivity index (χ4n) is 16.5. The first-order valence-electron chi connectivity index (χ1n) is 24.6. The molecule has 4 aromatic carbocycles. The third-order valence-electron chi connectivity index (χ3n) is 18.4. The van der Waals surface area contributed by atoms with E-state index in [0.717, 1.165) is 0 Å². The van der Waals surface area contributed by atoms with Crippen LogP contribution in [0, 0.1) is 0 Å². The minimum Gasteiger partial charge on any atom is -0.369 e. The smallest absolute Gasteiger partial charge is 0.157 e. The number of nitrogens with zero attached hydrogens (tertiary/aromatic N) is 3. The van der Waals surface area contributed by atoms with Crippen LogP contribution in [0.4, 0.5) is 11.4 Å². The van der Waals surface area contributed by atoms with Crippen LogP contribution in [0.15, 0.2) is 121 Å². The summed E-state index contributed by atoms with van der Waals surface area (Å²) in [6.07, 6.45) is 19.0. The molecule has 5 nitrogen and oxygen atoms in total. The van der Waals surface area contributed by atoms with Crippen LogP contribution in [0.3, 0.4) is 0 Å². The maximum atomic E-state index is 7.97. The third-order valence-corrected chi connectivity index (χ3v) is 18.4. The van der Waals surface area contributed by atoms with Crippen molar-refractivity contribution in [3.8, 4) is 0 Å². The summed E-state index contributed by atoms with van der Waals surface area (Å²) in [7, 11) is 0. The number of fused-ring (bicyclic) bond motifs is 10. The molecule has 14 unspecified atom stereocenters. The van der Waals surface area contributed by atoms with Crippen molar-refractivity contribution in [2.24, 2.45) is 0 Å². The predicted octanol–water partition coefficient (Wildman–Crippen LogP) is 11.3. The zero-order valence-electron chi connectivity index (χ0n) is 35.4. The Morgan fingerprint density at radius 3 is 1.32 bits per heavy atom. The van der Waals surface area contributed by atoms with E-state index in [4.69, 9.17) is 9.47 Å². The molecule has 4 saturated heterocycles. The van der Waals surface area contributed by atoms with Crippen LogP contribution in [0.1, 0.15) is 113 Å². The number of hydrogen-bond acceptors (Lipinski definition) is 5. The normalized spacial score (nSPS) is 41.8. The van der Waals surface area contributed by atoms with Gasteiger partial charge in [0, 0.05) is 47.6 Å². The first-order valence-corrected chi connectivity index (χ1v) is 24.6. The Kier molecular flexibility index (Phi) is 9.38. The molecule has 9 fully saturated rings. The largest absolute Gasteiger partial charge is 0.369 e. The van der Waals surface area contributed by atoms with Crippen molar-refractivity contribution < 1.29 is 9.47 Å². The maximum absolute atomic E-state index is 7.97. The number of anilines is 2. The molecule has 9 aliphatic rings. The molecule has 0 spiro atoms. The second-order valence-corrected chi connectivity index (χ2v) is 20.8. The van der Waals surface area contributed by atoms with Crippen molar-refractivity contribution in [1.29, 1.82) is 0 Å². The molecule has 6 heteroatoms. The monoisotopic (exact) mass is 798 g/mol. The van der Waals surface area contributed by atoms with E-state index in [9.17, 15) is 0 Å². The van der Waals surface area contributed by atoms with Gasteiger partial charge in [0.25, 0.3) is 0 Å². The van der Waals surface area contributed by atoms with Gasteiger partial charge in [0.2, 0.25) is 0 Å². The van der Waals surface area contributed by atoms with Crippen molar-refractivity contribution in [2.75, 3.05) is 4.90 Å². The average Bonchev–Trinajstić information content (AvgIpc) is 3.32. The molecule has 310 valence electrons. The van der Waals surface area contributed by atoms with Gasteiger partial charge in [0.05, 0.1) is 30.5 Å². The standard InChI is InChI=1S/C54H64BN3O2/c1-5-17-35(18-6-1)37-29-31-43-41(33-37)55-42-34-38(36-19-7-2-8-20-36)30-32-44(42)58-46-26-14-16-28-48(46)60-54-51(58)49(55)50-53(59-47-27-15-13-25-45(47)57(43)50)52(54)56(39-21-9-3-10-22-39)40-23-11-4-12-24-40/h1-12,17-24,37-38,41-54H,13-16,25-34H2. The Bertz CT molecular complexity index is 1960. The zero-order chi connectivity index (χ0) is 39.3. The lowest BCUT2D eigenvalue weighted by Gasteiger charge is -2.75. The van der Waals surface area contributed by atoms with Crippen LogP contribution in [0.2, 0.25) is 17.5 Å². The van der Waals surface area contributed by atoms with E-state index in [1.807, 2.05) is 0 Å². The van der Waals surface area contributed by atoms with Crippen molar-refractivity contribution in [3.05, 3.63) is 132 Å². The van der Waals surface area contributed by atoms with Gasteiger partial charge in [-0.25, -0.2) is 0 Å². The Balaban J connectivity index is 1.02. The highest BCUT2D eigenvalue weighted by Gasteiger charge is 2.73. The van der Waals surface area contributed by atoms with Crippen LogP contribution in [0.25, 0.3) is 0 Å². The van der Waals surface area contributed by atoms with Crippen molar-refractivity contribution in [2.45, 2.75) is 186 Å². The topological polar surface area (TPSA) is 28.2 Å². The zero-order valence-corrected chi connectivity index (χ0v) is 35.4. The van der Waals surface area contributed by atoms with Gasteiger partial charge in [-0.3, -0.25) is 9.80 Å². The summed E-state index contributed by atoms with van der Waals surface area (Å²) in [6, 6.07) is 49.5. The van der Waals surface area contributed by atoms with Gasteiger partial charge >= 0.3 is 0 Å². The number of para-hydroxylation sites is 2. The Labute approximate surface area is 359 Å². The molecule has 0 N–H and O–H groups in total. The lowest BCUT2D eigenvalue weighted by molar-refractivity contribution is -0.264. The molecule has 14 atom stereocenters. The fourth-order valence-corrected chi connectivity index (χ4v) is 16.5. The molecule has 4 heterocycles. The molecule has 0 radical (unpaired) electrons. The molecular formula is C54H64BN3O2. The molecule has 5 aliphatic carbocycles. The second-order valence-electron chi connectivity index (χ2n) is 20.8. The number of hydrogen-bond donors (Lipinski definition) is 0. The highest BCUT2D eigenvalue weighted by molar-refractivity contribution is 6.65. The molecule has 4 aliphatic heterocycles. The number of morpholine rings is 2. The molecule has 0 bridgehead atoms. The van der Waals surface area contributed by atoms with Gasteiger partial charge in [-0.2, -0.15) is 0 Å². The van der Waals surface area contributed by atoms with E-state index in [0.29, 0.717) is 84.5 Å². The van der Waals surface area contributed by atoms with E-state index < -0.39 is 0 Å². The van der Waals surface area contributed by atoms with Crippen molar-refractivity contribution in [3.63, 3.8) is 0 Å². The quantitative estimate of drug-likeness (QED) is 0.188. The second kappa shape index (κ2) is 15.1. The van der Waals surface area contributed by atoms with E-state index in [1.165, 1.54) is 101 Å². The lowest BCUT2D eigenvalue weighted by Crippen LogP contribution is -2.86. The van der Waals surface area contributed by atoms with Gasteiger partial charge in [0.1, 0.15) is 0 Å². The van der Waals surface area contributed by atoms with E-state index in [2.05, 4.69) is 136 Å². The Morgan fingerprint density at radius 1 is 0.450 bits per heavy atom. The van der Waals surface area contributed by atoms with Gasteiger partial charge < -0.3 is 14.4 Å². The summed E-state index contributed by atoms with van der Waals surface area (Å²) in [6.45, 7) is 0.681. The van der Waals surface area contributed by atoms with Crippen molar-refractivity contribution >= 4 is 18.1 Å². The summed E-state index contributed by atoms with van der Waals surface area (Å²) in [5.74, 6) is 3.25. The lowest BCUT2D eigenvalue weighted by atomic mass is 9.17. The molecule has 0 amide bonds. The highest BCUT2D eigenvalue weighted by atomic mass is 16.5. The van der Waals surface area contributed by atoms with E-state index in [-0.39, 0.29) is 18.2 Å². The summed E-state index contributed by atoms with van der Waals surface area (Å²) in [5, 5.41) is 0. The first-order chi connectivity index (χ1) is 29.8. The van der Waals surface area contributed by atoms with Gasteiger partial charge in [-0.1, -0.05) is 123 Å². The van der Waals surface area contributed by atoms with Gasteiger partial charge in [0.15, 0.2) is 6.71 Å². The minimum atomic E-state index is 0.0818. The van der Waals surface area contributed by atoms with Gasteiger partial charge in [-0.15, -0.1) is 0 Å². The van der Waals surface area contributed by atoms with Crippen LogP contribution in [-0.2, 0) is 9.47 Å².